The minimum Gasteiger partial charge on any atom is -0.490 e. The summed E-state index contributed by atoms with van der Waals surface area (Å²) >= 11 is 8.19. The lowest BCUT2D eigenvalue weighted by atomic mass is 9.90. The highest BCUT2D eigenvalue weighted by atomic mass is 127. The zero-order chi connectivity index (χ0) is 22.7. The molecule has 32 heavy (non-hydrogen) atoms. The first-order chi connectivity index (χ1) is 15.4. The van der Waals surface area contributed by atoms with Gasteiger partial charge in [-0.15, -0.1) is 0 Å². The summed E-state index contributed by atoms with van der Waals surface area (Å²) in [7, 11) is 0. The Labute approximate surface area is 208 Å². The molecular weight excluding hydrogens is 539 g/mol. The number of rotatable bonds is 8. The first-order valence-corrected chi connectivity index (χ1v) is 12.5. The Bertz CT molecular complexity index is 1010. The summed E-state index contributed by atoms with van der Waals surface area (Å²) in [5, 5.41) is 4.93. The molecule has 2 saturated carbocycles. The van der Waals surface area contributed by atoms with E-state index in [4.69, 9.17) is 21.1 Å². The number of halogens is 2. The van der Waals surface area contributed by atoms with Gasteiger partial charge in [0.05, 0.1) is 16.4 Å². The van der Waals surface area contributed by atoms with Gasteiger partial charge in [-0.2, -0.15) is 5.10 Å². The maximum Gasteiger partial charge on any atom is 0.244 e. The highest BCUT2D eigenvalue weighted by Gasteiger charge is 2.64. The smallest absolute Gasteiger partial charge is 0.244 e. The molecule has 3 atom stereocenters. The van der Waals surface area contributed by atoms with E-state index in [-0.39, 0.29) is 17.2 Å². The number of carbonyl (C=O) groups is 1. The number of fused-ring (bicyclic) bond motifs is 1. The van der Waals surface area contributed by atoms with Crippen LogP contribution in [0, 0.1) is 20.8 Å². The first-order valence-electron chi connectivity index (χ1n) is 11.1. The van der Waals surface area contributed by atoms with Crippen LogP contribution >= 0.6 is 34.2 Å². The summed E-state index contributed by atoms with van der Waals surface area (Å²) < 4.78 is 12.8. The van der Waals surface area contributed by atoms with E-state index in [1.54, 1.807) is 6.21 Å². The topological polar surface area (TPSA) is 59.9 Å². The summed E-state index contributed by atoms with van der Waals surface area (Å²) in [6.45, 7) is 5.11. The molecule has 170 valence electrons. The summed E-state index contributed by atoms with van der Waals surface area (Å²) in [6, 6.07) is 11.4. The molecule has 4 rings (SSSR count). The Balaban J connectivity index is 1.41. The van der Waals surface area contributed by atoms with E-state index in [0.717, 1.165) is 27.5 Å². The van der Waals surface area contributed by atoms with Gasteiger partial charge in [-0.25, -0.2) is 5.43 Å². The van der Waals surface area contributed by atoms with Gasteiger partial charge in [0.1, 0.15) is 6.61 Å². The molecule has 2 aromatic carbocycles. The van der Waals surface area contributed by atoms with Crippen molar-refractivity contribution in [2.45, 2.75) is 46.1 Å². The number of hydrogen-bond acceptors (Lipinski definition) is 4. The molecule has 0 heterocycles. The second kappa shape index (κ2) is 10.00. The van der Waals surface area contributed by atoms with Crippen molar-refractivity contribution >= 4 is 46.3 Å². The third-order valence-corrected chi connectivity index (χ3v) is 7.68. The van der Waals surface area contributed by atoms with Gasteiger partial charge in [-0.05, 0) is 89.1 Å². The van der Waals surface area contributed by atoms with Crippen LogP contribution in [0.25, 0.3) is 0 Å². The number of nitrogens with zero attached hydrogens (tertiary/aromatic N) is 1. The average Bonchev–Trinajstić information content (AvgIpc) is 3.40. The predicted octanol–water partition coefficient (Wildman–Crippen LogP) is 6.20. The molecule has 0 radical (unpaired) electrons. The minimum absolute atomic E-state index is 0.0401. The van der Waals surface area contributed by atoms with Crippen molar-refractivity contribution in [1.82, 2.24) is 5.43 Å². The Kier molecular flexibility index (Phi) is 7.30. The maximum atomic E-state index is 12.6. The summed E-state index contributed by atoms with van der Waals surface area (Å²) in [4.78, 5) is 12.6. The SMILES string of the molecule is CCOc1cc(/C=N\NC(=O)[C@@H]2[C@H]3CCCC[C@@]32C)cc(I)c1OCc1ccc(Cl)cc1. The number of carbonyl (C=O) groups excluding carboxylic acids is 1. The van der Waals surface area contributed by atoms with E-state index in [2.05, 4.69) is 40.0 Å². The Morgan fingerprint density at radius 1 is 1.28 bits per heavy atom. The van der Waals surface area contributed by atoms with E-state index in [0.29, 0.717) is 35.7 Å². The molecular formula is C25H28ClIN2O3. The highest BCUT2D eigenvalue weighted by Crippen LogP contribution is 2.66. The van der Waals surface area contributed by atoms with E-state index >= 15 is 0 Å². The van der Waals surface area contributed by atoms with Crippen LogP contribution in [0.1, 0.15) is 50.7 Å². The molecule has 0 spiro atoms. The molecule has 0 saturated heterocycles. The van der Waals surface area contributed by atoms with Gasteiger partial charge < -0.3 is 9.47 Å². The zero-order valence-corrected chi connectivity index (χ0v) is 21.3. The van der Waals surface area contributed by atoms with Crippen LogP contribution in [0.5, 0.6) is 11.5 Å². The summed E-state index contributed by atoms with van der Waals surface area (Å²) in [5.74, 6) is 2.01. The number of benzene rings is 2. The van der Waals surface area contributed by atoms with E-state index in [1.807, 2.05) is 43.3 Å². The standard InChI is InChI=1S/C25H28ClIN2O3/c1-3-31-21-13-17(12-20(27)23(21)32-15-16-7-9-18(26)10-8-16)14-28-29-24(30)22-19-6-4-5-11-25(19,22)2/h7-10,12-14,19,22H,3-6,11,15H2,1-2H3,(H,29,30)/b28-14-/t19-,22+,25+/m1/s1. The monoisotopic (exact) mass is 566 g/mol. The summed E-state index contributed by atoms with van der Waals surface area (Å²) in [6.07, 6.45) is 6.43. The minimum atomic E-state index is 0.0401. The fraction of sp³-hybridized carbons (Fsp3) is 0.440. The normalized spacial score (nSPS) is 24.1. The molecule has 7 heteroatoms. The third-order valence-electron chi connectivity index (χ3n) is 6.63. The third kappa shape index (κ3) is 5.06. The van der Waals surface area contributed by atoms with E-state index < -0.39 is 0 Å². The maximum absolute atomic E-state index is 12.6. The molecule has 2 aliphatic carbocycles. The van der Waals surface area contributed by atoms with Gasteiger partial charge in [0.2, 0.25) is 5.91 Å². The van der Waals surface area contributed by atoms with Crippen LogP contribution in [-0.4, -0.2) is 18.7 Å². The number of hydrazone groups is 1. The van der Waals surface area contributed by atoms with Crippen molar-refractivity contribution in [2.24, 2.45) is 22.4 Å². The molecule has 1 amide bonds. The van der Waals surface area contributed by atoms with Crippen molar-refractivity contribution in [3.63, 3.8) is 0 Å². The van der Waals surface area contributed by atoms with Gasteiger partial charge in [0, 0.05) is 10.9 Å². The molecule has 0 aromatic heterocycles. The fourth-order valence-corrected chi connectivity index (χ4v) is 5.80. The highest BCUT2D eigenvalue weighted by molar-refractivity contribution is 14.1. The first kappa shape index (κ1) is 23.4. The van der Waals surface area contributed by atoms with Crippen LogP contribution < -0.4 is 14.9 Å². The van der Waals surface area contributed by atoms with Crippen LogP contribution in [-0.2, 0) is 11.4 Å². The van der Waals surface area contributed by atoms with Crippen molar-refractivity contribution in [3.05, 3.63) is 56.1 Å². The summed E-state index contributed by atoms with van der Waals surface area (Å²) in [5.41, 5.74) is 4.80. The lowest BCUT2D eigenvalue weighted by molar-refractivity contribution is -0.123. The predicted molar refractivity (Wildman–Crippen MR) is 135 cm³/mol. The van der Waals surface area contributed by atoms with Gasteiger partial charge >= 0.3 is 0 Å². The second-order valence-corrected chi connectivity index (χ2v) is 10.3. The van der Waals surface area contributed by atoms with Gasteiger partial charge in [0.25, 0.3) is 0 Å². The second-order valence-electron chi connectivity index (χ2n) is 8.75. The van der Waals surface area contributed by atoms with E-state index in [1.165, 1.54) is 12.8 Å². The van der Waals surface area contributed by atoms with Gasteiger partial charge in [-0.3, -0.25) is 4.79 Å². The van der Waals surface area contributed by atoms with Gasteiger partial charge in [-0.1, -0.05) is 43.5 Å². The largest absolute Gasteiger partial charge is 0.490 e. The quantitative estimate of drug-likeness (QED) is 0.235. The van der Waals surface area contributed by atoms with Crippen LogP contribution in [0.2, 0.25) is 5.02 Å². The number of ether oxygens (including phenoxy) is 2. The molecule has 2 fully saturated rings. The molecule has 2 aromatic rings. The fourth-order valence-electron chi connectivity index (χ4n) is 4.89. The lowest BCUT2D eigenvalue weighted by Crippen LogP contribution is -2.22. The Morgan fingerprint density at radius 3 is 2.75 bits per heavy atom. The Morgan fingerprint density at radius 2 is 2.06 bits per heavy atom. The number of amides is 1. The van der Waals surface area contributed by atoms with E-state index in [9.17, 15) is 4.79 Å². The van der Waals surface area contributed by atoms with Crippen molar-refractivity contribution < 1.29 is 14.3 Å². The lowest BCUT2D eigenvalue weighted by Gasteiger charge is -2.15. The Hall–Kier alpha value is -1.80. The van der Waals surface area contributed by atoms with Crippen LogP contribution in [0.15, 0.2) is 41.5 Å². The van der Waals surface area contributed by atoms with Crippen LogP contribution in [0.4, 0.5) is 0 Å². The van der Waals surface area contributed by atoms with Crippen molar-refractivity contribution in [1.29, 1.82) is 0 Å². The van der Waals surface area contributed by atoms with Crippen LogP contribution in [0.3, 0.4) is 0 Å². The molecule has 0 bridgehead atoms. The van der Waals surface area contributed by atoms with Gasteiger partial charge in [0.15, 0.2) is 11.5 Å². The number of nitrogens with one attached hydrogen (secondary N) is 1. The molecule has 5 nitrogen and oxygen atoms in total. The average molecular weight is 567 g/mol. The van der Waals surface area contributed by atoms with Crippen molar-refractivity contribution in [3.8, 4) is 11.5 Å². The molecule has 0 aliphatic heterocycles. The zero-order valence-electron chi connectivity index (χ0n) is 18.4. The molecule has 1 N–H and O–H groups in total. The van der Waals surface area contributed by atoms with Crippen molar-refractivity contribution in [2.75, 3.05) is 6.61 Å². The molecule has 0 unspecified atom stereocenters. The molecule has 2 aliphatic rings. The number of hydrogen-bond donors (Lipinski definition) is 1.